The summed E-state index contributed by atoms with van der Waals surface area (Å²) in [7, 11) is 0. The van der Waals surface area contributed by atoms with Gasteiger partial charge in [0.05, 0.1) is 0 Å². The van der Waals surface area contributed by atoms with Crippen molar-refractivity contribution < 1.29 is 0 Å². The van der Waals surface area contributed by atoms with E-state index in [4.69, 9.17) is 0 Å². The second-order valence-corrected chi connectivity index (χ2v) is 6.90. The van der Waals surface area contributed by atoms with Crippen LogP contribution in [-0.2, 0) is 0 Å². The number of anilines is 2. The first kappa shape index (κ1) is 15.8. The Morgan fingerprint density at radius 3 is 1.24 bits per heavy atom. The highest BCUT2D eigenvalue weighted by molar-refractivity contribution is 7.99. The lowest BCUT2D eigenvalue weighted by atomic mass is 10.3. The van der Waals surface area contributed by atoms with Crippen molar-refractivity contribution in [2.45, 2.75) is 49.6 Å². The predicted molar refractivity (Wildman–Crippen MR) is 94.5 cm³/mol. The number of benzene rings is 2. The van der Waals surface area contributed by atoms with Crippen molar-refractivity contribution >= 4 is 23.1 Å². The third-order valence-electron chi connectivity index (χ3n) is 2.86. The summed E-state index contributed by atoms with van der Waals surface area (Å²) in [5.74, 6) is 0. The van der Waals surface area contributed by atoms with Crippen LogP contribution in [-0.4, -0.2) is 12.1 Å². The molecule has 0 unspecified atom stereocenters. The largest absolute Gasteiger partial charge is 0.383 e. The van der Waals surface area contributed by atoms with Crippen LogP contribution in [0.1, 0.15) is 27.7 Å². The highest BCUT2D eigenvalue weighted by atomic mass is 32.2. The summed E-state index contributed by atoms with van der Waals surface area (Å²) < 4.78 is 0. The standard InChI is InChI=1S/C18H24N2S/c1-13(2)19-15-5-9-17(10-6-15)21-18-11-7-16(8-12-18)20-14(3)4/h5-14,19-20H,1-4H3. The van der Waals surface area contributed by atoms with E-state index in [1.165, 1.54) is 21.2 Å². The highest BCUT2D eigenvalue weighted by Crippen LogP contribution is 2.29. The molecule has 0 fully saturated rings. The van der Waals surface area contributed by atoms with Gasteiger partial charge in [0, 0.05) is 33.2 Å². The lowest BCUT2D eigenvalue weighted by molar-refractivity contribution is 0.899. The van der Waals surface area contributed by atoms with Gasteiger partial charge in [-0.25, -0.2) is 0 Å². The number of nitrogens with one attached hydrogen (secondary N) is 2. The van der Waals surface area contributed by atoms with E-state index < -0.39 is 0 Å². The minimum Gasteiger partial charge on any atom is -0.383 e. The molecular weight excluding hydrogens is 276 g/mol. The van der Waals surface area contributed by atoms with Crippen LogP contribution in [0.4, 0.5) is 11.4 Å². The smallest absolute Gasteiger partial charge is 0.0342 e. The summed E-state index contributed by atoms with van der Waals surface area (Å²) in [5.41, 5.74) is 2.34. The van der Waals surface area contributed by atoms with Gasteiger partial charge in [-0.3, -0.25) is 0 Å². The summed E-state index contributed by atoms with van der Waals surface area (Å²) >= 11 is 1.79. The average molecular weight is 300 g/mol. The van der Waals surface area contributed by atoms with Gasteiger partial charge in [-0.2, -0.15) is 0 Å². The van der Waals surface area contributed by atoms with Crippen molar-refractivity contribution in [1.29, 1.82) is 0 Å². The molecule has 0 spiro atoms. The van der Waals surface area contributed by atoms with Crippen LogP contribution < -0.4 is 10.6 Å². The zero-order chi connectivity index (χ0) is 15.2. The third kappa shape index (κ3) is 5.35. The third-order valence-corrected chi connectivity index (χ3v) is 3.87. The molecule has 0 amide bonds. The van der Waals surface area contributed by atoms with Gasteiger partial charge in [-0.15, -0.1) is 0 Å². The zero-order valence-corrected chi connectivity index (χ0v) is 14.0. The van der Waals surface area contributed by atoms with Gasteiger partial charge < -0.3 is 10.6 Å². The van der Waals surface area contributed by atoms with Gasteiger partial charge in [0.1, 0.15) is 0 Å². The quantitative estimate of drug-likeness (QED) is 0.739. The second kappa shape index (κ2) is 7.41. The molecule has 0 atom stereocenters. The molecule has 0 aliphatic carbocycles. The Balaban J connectivity index is 1.97. The molecule has 0 aromatic heterocycles. The lowest BCUT2D eigenvalue weighted by Crippen LogP contribution is -2.09. The number of hydrogen-bond acceptors (Lipinski definition) is 3. The molecule has 3 heteroatoms. The molecule has 0 saturated heterocycles. The van der Waals surface area contributed by atoms with Gasteiger partial charge in [0.2, 0.25) is 0 Å². The van der Waals surface area contributed by atoms with E-state index in [1.807, 2.05) is 0 Å². The minimum absolute atomic E-state index is 0.463. The van der Waals surface area contributed by atoms with E-state index in [2.05, 4.69) is 86.9 Å². The fraction of sp³-hybridized carbons (Fsp3) is 0.333. The highest BCUT2D eigenvalue weighted by Gasteiger charge is 2.00. The molecule has 2 N–H and O–H groups in total. The predicted octanol–water partition coefficient (Wildman–Crippen LogP) is 5.48. The van der Waals surface area contributed by atoms with Crippen LogP contribution in [0.3, 0.4) is 0 Å². The molecular formula is C18H24N2S. The molecule has 0 heterocycles. The van der Waals surface area contributed by atoms with Crippen LogP contribution in [0.25, 0.3) is 0 Å². The molecule has 0 saturated carbocycles. The van der Waals surface area contributed by atoms with E-state index in [9.17, 15) is 0 Å². The fourth-order valence-electron chi connectivity index (χ4n) is 2.04. The van der Waals surface area contributed by atoms with Crippen molar-refractivity contribution in [3.8, 4) is 0 Å². The topological polar surface area (TPSA) is 24.1 Å². The van der Waals surface area contributed by atoms with Crippen molar-refractivity contribution in [2.75, 3.05) is 10.6 Å². The molecule has 0 bridgehead atoms. The second-order valence-electron chi connectivity index (χ2n) is 5.75. The fourth-order valence-corrected chi connectivity index (χ4v) is 2.86. The van der Waals surface area contributed by atoms with Crippen molar-refractivity contribution in [3.63, 3.8) is 0 Å². The van der Waals surface area contributed by atoms with E-state index in [1.54, 1.807) is 11.8 Å². The van der Waals surface area contributed by atoms with E-state index in [0.717, 1.165) is 0 Å². The van der Waals surface area contributed by atoms with Crippen LogP contribution in [0, 0.1) is 0 Å². The Hall–Kier alpha value is -1.61. The Morgan fingerprint density at radius 2 is 0.952 bits per heavy atom. The van der Waals surface area contributed by atoms with Crippen molar-refractivity contribution in [1.82, 2.24) is 0 Å². The number of rotatable bonds is 6. The summed E-state index contributed by atoms with van der Waals surface area (Å²) in [6.45, 7) is 8.59. The molecule has 2 nitrogen and oxygen atoms in total. The zero-order valence-electron chi connectivity index (χ0n) is 13.2. The van der Waals surface area contributed by atoms with Crippen LogP contribution in [0.5, 0.6) is 0 Å². The first-order chi connectivity index (χ1) is 10.0. The lowest BCUT2D eigenvalue weighted by Gasteiger charge is -2.11. The van der Waals surface area contributed by atoms with Gasteiger partial charge >= 0.3 is 0 Å². The molecule has 2 aromatic rings. The van der Waals surface area contributed by atoms with Crippen molar-refractivity contribution in [3.05, 3.63) is 48.5 Å². The monoisotopic (exact) mass is 300 g/mol. The molecule has 0 aliphatic rings. The van der Waals surface area contributed by atoms with E-state index in [-0.39, 0.29) is 0 Å². The average Bonchev–Trinajstić information content (AvgIpc) is 2.42. The molecule has 2 aromatic carbocycles. The van der Waals surface area contributed by atoms with Gasteiger partial charge in [-0.1, -0.05) is 11.8 Å². The summed E-state index contributed by atoms with van der Waals surface area (Å²) in [4.78, 5) is 2.52. The van der Waals surface area contributed by atoms with Gasteiger partial charge in [0.25, 0.3) is 0 Å². The van der Waals surface area contributed by atoms with E-state index >= 15 is 0 Å². The van der Waals surface area contributed by atoms with Crippen molar-refractivity contribution in [2.24, 2.45) is 0 Å². The molecule has 0 radical (unpaired) electrons. The Bertz CT molecular complexity index is 493. The Morgan fingerprint density at radius 1 is 0.619 bits per heavy atom. The maximum absolute atomic E-state index is 3.40. The Labute approximate surface area is 132 Å². The first-order valence-corrected chi connectivity index (χ1v) is 8.25. The van der Waals surface area contributed by atoms with Crippen LogP contribution >= 0.6 is 11.8 Å². The molecule has 21 heavy (non-hydrogen) atoms. The molecule has 2 rings (SSSR count). The molecule has 112 valence electrons. The van der Waals surface area contributed by atoms with Crippen LogP contribution in [0.15, 0.2) is 58.3 Å². The Kier molecular flexibility index (Phi) is 5.57. The summed E-state index contributed by atoms with van der Waals surface area (Å²) in [6, 6.07) is 18.1. The maximum Gasteiger partial charge on any atom is 0.0342 e. The minimum atomic E-state index is 0.463. The normalized spacial score (nSPS) is 11.0. The number of hydrogen-bond donors (Lipinski definition) is 2. The SMILES string of the molecule is CC(C)Nc1ccc(Sc2ccc(NC(C)C)cc2)cc1. The van der Waals surface area contributed by atoms with Gasteiger partial charge in [-0.05, 0) is 76.2 Å². The maximum atomic E-state index is 3.40. The molecule has 0 aliphatic heterocycles. The summed E-state index contributed by atoms with van der Waals surface area (Å²) in [6.07, 6.45) is 0. The summed E-state index contributed by atoms with van der Waals surface area (Å²) in [5, 5.41) is 6.81. The first-order valence-electron chi connectivity index (χ1n) is 7.44. The van der Waals surface area contributed by atoms with E-state index in [0.29, 0.717) is 12.1 Å². The van der Waals surface area contributed by atoms with Gasteiger partial charge in [0.15, 0.2) is 0 Å². The van der Waals surface area contributed by atoms with Crippen LogP contribution in [0.2, 0.25) is 0 Å².